The van der Waals surface area contributed by atoms with E-state index < -0.39 is 0 Å². The van der Waals surface area contributed by atoms with Gasteiger partial charge in [-0.3, -0.25) is 9.78 Å². The predicted molar refractivity (Wildman–Crippen MR) is 86.3 cm³/mol. The molecule has 0 aliphatic rings. The fourth-order valence-corrected chi connectivity index (χ4v) is 2.61. The van der Waals surface area contributed by atoms with Crippen molar-refractivity contribution in [2.75, 3.05) is 0 Å². The molecule has 2 nitrogen and oxygen atoms in total. The van der Waals surface area contributed by atoms with E-state index >= 15 is 0 Å². The number of hydrogen-bond donors (Lipinski definition) is 0. The molecule has 0 fully saturated rings. The summed E-state index contributed by atoms with van der Waals surface area (Å²) in [6.07, 6.45) is 4.96. The molecule has 1 heterocycles. The molecule has 0 N–H and O–H groups in total. The Balaban J connectivity index is 2.16. The van der Waals surface area contributed by atoms with Gasteiger partial charge in [-0.1, -0.05) is 45.0 Å². The van der Waals surface area contributed by atoms with E-state index in [1.807, 2.05) is 25.1 Å². The quantitative estimate of drug-likeness (QED) is 0.794. The summed E-state index contributed by atoms with van der Waals surface area (Å²) in [6, 6.07) is 12.1. The Morgan fingerprint density at radius 3 is 2.38 bits per heavy atom. The van der Waals surface area contributed by atoms with Crippen LogP contribution in [-0.2, 0) is 17.6 Å². The Morgan fingerprint density at radius 1 is 1.05 bits per heavy atom. The Hall–Kier alpha value is -1.96. The summed E-state index contributed by atoms with van der Waals surface area (Å²) in [6.45, 7) is 6.43. The van der Waals surface area contributed by atoms with Crippen LogP contribution in [0.4, 0.5) is 0 Å². The standard InChI is InChI=1S/C19H23NO/c1-14(2)12-17-6-4-5-7-18(17)15(3)19(21)13-16-8-10-20-11-9-16/h4-11,14-15H,12-13H2,1-3H3. The lowest BCUT2D eigenvalue weighted by Gasteiger charge is -2.17. The maximum atomic E-state index is 12.5. The van der Waals surface area contributed by atoms with Crippen molar-refractivity contribution in [3.63, 3.8) is 0 Å². The fourth-order valence-electron chi connectivity index (χ4n) is 2.61. The maximum Gasteiger partial charge on any atom is 0.144 e. The first-order valence-electron chi connectivity index (χ1n) is 7.57. The van der Waals surface area contributed by atoms with Crippen molar-refractivity contribution in [2.45, 2.75) is 39.5 Å². The molecule has 2 rings (SSSR count). The first kappa shape index (κ1) is 15.4. The number of ketones is 1. The van der Waals surface area contributed by atoms with E-state index in [0.29, 0.717) is 12.3 Å². The molecule has 0 bridgehead atoms. The van der Waals surface area contributed by atoms with Gasteiger partial charge >= 0.3 is 0 Å². The number of nitrogens with zero attached hydrogens (tertiary/aromatic N) is 1. The van der Waals surface area contributed by atoms with E-state index in [4.69, 9.17) is 0 Å². The zero-order valence-electron chi connectivity index (χ0n) is 13.0. The molecule has 0 aliphatic heterocycles. The molecule has 0 radical (unpaired) electrons. The molecule has 1 atom stereocenters. The van der Waals surface area contributed by atoms with Gasteiger partial charge in [0.25, 0.3) is 0 Å². The Morgan fingerprint density at radius 2 is 1.71 bits per heavy atom. The van der Waals surface area contributed by atoms with Crippen molar-refractivity contribution in [1.82, 2.24) is 4.98 Å². The molecule has 1 aromatic carbocycles. The number of hydrogen-bond acceptors (Lipinski definition) is 2. The van der Waals surface area contributed by atoms with Gasteiger partial charge in [0.1, 0.15) is 5.78 Å². The van der Waals surface area contributed by atoms with E-state index in [-0.39, 0.29) is 11.7 Å². The number of rotatable bonds is 6. The van der Waals surface area contributed by atoms with E-state index in [9.17, 15) is 4.79 Å². The topological polar surface area (TPSA) is 30.0 Å². The third-order valence-corrected chi connectivity index (χ3v) is 3.76. The second-order valence-corrected chi connectivity index (χ2v) is 6.02. The van der Waals surface area contributed by atoms with E-state index in [1.165, 1.54) is 11.1 Å². The average molecular weight is 281 g/mol. The summed E-state index contributed by atoms with van der Waals surface area (Å²) in [5.41, 5.74) is 3.50. The molecule has 2 aromatic rings. The number of carbonyl (C=O) groups excluding carboxylic acids is 1. The Kier molecular flexibility index (Phi) is 5.26. The van der Waals surface area contributed by atoms with Crippen LogP contribution in [0.1, 0.15) is 43.4 Å². The van der Waals surface area contributed by atoms with Crippen LogP contribution in [0, 0.1) is 5.92 Å². The third-order valence-electron chi connectivity index (χ3n) is 3.76. The number of Topliss-reactive ketones (excluding diaryl/α,β-unsaturated/α-hetero) is 1. The smallest absolute Gasteiger partial charge is 0.144 e. The SMILES string of the molecule is CC(C)Cc1ccccc1C(C)C(=O)Cc1ccncc1. The molecule has 21 heavy (non-hydrogen) atoms. The van der Waals surface area contributed by atoms with Crippen molar-refractivity contribution in [2.24, 2.45) is 5.92 Å². The lowest BCUT2D eigenvalue weighted by molar-refractivity contribution is -0.119. The molecule has 0 spiro atoms. The van der Waals surface area contributed by atoms with Crippen molar-refractivity contribution in [3.8, 4) is 0 Å². The van der Waals surface area contributed by atoms with E-state index in [2.05, 4.69) is 37.0 Å². The minimum atomic E-state index is -0.0619. The van der Waals surface area contributed by atoms with Gasteiger partial charge in [0.2, 0.25) is 0 Å². The number of aromatic nitrogens is 1. The van der Waals surface area contributed by atoms with Gasteiger partial charge in [0, 0.05) is 24.7 Å². The van der Waals surface area contributed by atoms with Crippen LogP contribution in [0.5, 0.6) is 0 Å². The summed E-state index contributed by atoms with van der Waals surface area (Å²) in [7, 11) is 0. The normalized spacial score (nSPS) is 12.4. The largest absolute Gasteiger partial charge is 0.299 e. The van der Waals surface area contributed by atoms with Gasteiger partial charge in [-0.15, -0.1) is 0 Å². The molecule has 0 saturated carbocycles. The molecule has 1 unspecified atom stereocenters. The monoisotopic (exact) mass is 281 g/mol. The van der Waals surface area contributed by atoms with Crippen molar-refractivity contribution < 1.29 is 4.79 Å². The summed E-state index contributed by atoms with van der Waals surface area (Å²) < 4.78 is 0. The van der Waals surface area contributed by atoms with Gasteiger partial charge in [0.15, 0.2) is 0 Å². The first-order valence-corrected chi connectivity index (χ1v) is 7.57. The zero-order valence-corrected chi connectivity index (χ0v) is 13.0. The minimum absolute atomic E-state index is 0.0619. The fraction of sp³-hybridized carbons (Fsp3) is 0.368. The molecular formula is C19H23NO. The van der Waals surface area contributed by atoms with E-state index in [0.717, 1.165) is 12.0 Å². The summed E-state index contributed by atoms with van der Waals surface area (Å²) in [5.74, 6) is 0.791. The maximum absolute atomic E-state index is 12.5. The third kappa shape index (κ3) is 4.25. The number of benzene rings is 1. The lowest BCUT2D eigenvalue weighted by Crippen LogP contribution is -2.14. The second kappa shape index (κ2) is 7.16. The van der Waals surface area contributed by atoms with Gasteiger partial charge in [-0.05, 0) is 41.2 Å². The lowest BCUT2D eigenvalue weighted by atomic mass is 9.87. The van der Waals surface area contributed by atoms with Crippen LogP contribution in [0.25, 0.3) is 0 Å². The van der Waals surface area contributed by atoms with Crippen LogP contribution >= 0.6 is 0 Å². The predicted octanol–water partition coefficient (Wildman–Crippen LogP) is 4.20. The van der Waals surface area contributed by atoms with Crippen LogP contribution in [0.15, 0.2) is 48.8 Å². The number of pyridine rings is 1. The highest BCUT2D eigenvalue weighted by atomic mass is 16.1. The molecular weight excluding hydrogens is 258 g/mol. The van der Waals surface area contributed by atoms with Crippen LogP contribution in [-0.4, -0.2) is 10.8 Å². The van der Waals surface area contributed by atoms with Crippen molar-refractivity contribution in [1.29, 1.82) is 0 Å². The molecule has 0 aliphatic carbocycles. The molecule has 110 valence electrons. The molecule has 0 amide bonds. The van der Waals surface area contributed by atoms with Gasteiger partial charge in [0.05, 0.1) is 0 Å². The Bertz CT molecular complexity index is 590. The summed E-state index contributed by atoms with van der Waals surface area (Å²) in [4.78, 5) is 16.5. The Labute approximate surface area is 127 Å². The van der Waals surface area contributed by atoms with Crippen LogP contribution in [0.3, 0.4) is 0 Å². The molecule has 1 aromatic heterocycles. The van der Waals surface area contributed by atoms with Gasteiger partial charge < -0.3 is 0 Å². The van der Waals surface area contributed by atoms with Gasteiger partial charge in [-0.2, -0.15) is 0 Å². The van der Waals surface area contributed by atoms with Crippen LogP contribution in [0.2, 0.25) is 0 Å². The van der Waals surface area contributed by atoms with Gasteiger partial charge in [-0.25, -0.2) is 0 Å². The molecule has 0 saturated heterocycles. The highest BCUT2D eigenvalue weighted by Crippen LogP contribution is 2.24. The minimum Gasteiger partial charge on any atom is -0.299 e. The summed E-state index contributed by atoms with van der Waals surface area (Å²) >= 11 is 0. The highest BCUT2D eigenvalue weighted by Gasteiger charge is 2.18. The van der Waals surface area contributed by atoms with E-state index in [1.54, 1.807) is 12.4 Å². The second-order valence-electron chi connectivity index (χ2n) is 6.02. The van der Waals surface area contributed by atoms with Crippen molar-refractivity contribution >= 4 is 5.78 Å². The first-order chi connectivity index (χ1) is 10.1. The highest BCUT2D eigenvalue weighted by molar-refractivity contribution is 5.87. The molecule has 2 heteroatoms. The summed E-state index contributed by atoms with van der Waals surface area (Å²) in [5, 5.41) is 0. The zero-order chi connectivity index (χ0) is 15.2. The number of carbonyl (C=O) groups is 1. The average Bonchev–Trinajstić information content (AvgIpc) is 2.47. The van der Waals surface area contributed by atoms with Crippen molar-refractivity contribution in [3.05, 3.63) is 65.5 Å². The van der Waals surface area contributed by atoms with Crippen LogP contribution < -0.4 is 0 Å².